The van der Waals surface area contributed by atoms with Crippen LogP contribution >= 0.6 is 0 Å². The average Bonchev–Trinajstić information content (AvgIpc) is 1.88. The predicted octanol–water partition coefficient (Wildman–Crippen LogP) is 1.77. The maximum Gasteiger partial charge on any atom is 0.330 e. The molecule has 2 nitrogen and oxygen atoms in total. The SMILES string of the molecule is C=C(CCCCF)C(=O)O. The van der Waals surface area contributed by atoms with Crippen molar-refractivity contribution >= 4 is 5.97 Å². The van der Waals surface area contributed by atoms with Gasteiger partial charge in [-0.15, -0.1) is 0 Å². The summed E-state index contributed by atoms with van der Waals surface area (Å²) < 4.78 is 11.5. The van der Waals surface area contributed by atoms with Gasteiger partial charge in [0.2, 0.25) is 0 Å². The molecule has 0 fully saturated rings. The summed E-state index contributed by atoms with van der Waals surface area (Å²) in [6.07, 6.45) is 1.38. The molecular formula is C7H11FO2. The van der Waals surface area contributed by atoms with Gasteiger partial charge in [-0.3, -0.25) is 4.39 Å². The van der Waals surface area contributed by atoms with Crippen molar-refractivity contribution in [2.45, 2.75) is 19.3 Å². The van der Waals surface area contributed by atoms with Gasteiger partial charge in [-0.1, -0.05) is 6.58 Å². The van der Waals surface area contributed by atoms with E-state index in [9.17, 15) is 9.18 Å². The summed E-state index contributed by atoms with van der Waals surface area (Å²) in [5, 5.41) is 8.29. The second-order valence-corrected chi connectivity index (χ2v) is 2.05. The third kappa shape index (κ3) is 4.06. The minimum absolute atomic E-state index is 0.161. The zero-order chi connectivity index (χ0) is 7.98. The standard InChI is InChI=1S/C7H11FO2/c1-6(7(9)10)4-2-3-5-8/h1-5H2,(H,9,10). The zero-order valence-corrected chi connectivity index (χ0v) is 5.77. The minimum Gasteiger partial charge on any atom is -0.478 e. The molecular weight excluding hydrogens is 135 g/mol. The summed E-state index contributed by atoms with van der Waals surface area (Å²) in [6, 6.07) is 0. The van der Waals surface area contributed by atoms with E-state index >= 15 is 0 Å². The maximum absolute atomic E-state index is 11.5. The van der Waals surface area contributed by atoms with Gasteiger partial charge in [0.1, 0.15) is 0 Å². The van der Waals surface area contributed by atoms with Crippen molar-refractivity contribution in [1.82, 2.24) is 0 Å². The fraction of sp³-hybridized carbons (Fsp3) is 0.571. The highest BCUT2D eigenvalue weighted by atomic mass is 19.1. The van der Waals surface area contributed by atoms with E-state index in [0.717, 1.165) is 0 Å². The quantitative estimate of drug-likeness (QED) is 0.474. The Hall–Kier alpha value is -0.860. The molecule has 0 aliphatic carbocycles. The van der Waals surface area contributed by atoms with Crippen molar-refractivity contribution in [3.8, 4) is 0 Å². The summed E-state index contributed by atoms with van der Waals surface area (Å²) in [5.41, 5.74) is 0.161. The largest absolute Gasteiger partial charge is 0.478 e. The normalized spacial score (nSPS) is 9.30. The first-order valence-electron chi connectivity index (χ1n) is 3.15. The first kappa shape index (κ1) is 9.14. The Morgan fingerprint density at radius 3 is 2.50 bits per heavy atom. The smallest absolute Gasteiger partial charge is 0.330 e. The van der Waals surface area contributed by atoms with E-state index in [0.29, 0.717) is 19.3 Å². The summed E-state index contributed by atoms with van der Waals surface area (Å²) in [5.74, 6) is -0.987. The van der Waals surface area contributed by atoms with Crippen LogP contribution in [0.1, 0.15) is 19.3 Å². The van der Waals surface area contributed by atoms with Gasteiger partial charge in [-0.25, -0.2) is 4.79 Å². The number of hydrogen-bond acceptors (Lipinski definition) is 1. The number of carboxylic acid groups (broad SMARTS) is 1. The van der Waals surface area contributed by atoms with Crippen molar-refractivity contribution in [2.75, 3.05) is 6.67 Å². The van der Waals surface area contributed by atoms with E-state index in [1.165, 1.54) is 0 Å². The lowest BCUT2D eigenvalue weighted by atomic mass is 10.1. The third-order valence-electron chi connectivity index (χ3n) is 1.16. The van der Waals surface area contributed by atoms with E-state index in [1.54, 1.807) is 0 Å². The molecule has 0 amide bonds. The van der Waals surface area contributed by atoms with Crippen LogP contribution in [0.4, 0.5) is 4.39 Å². The topological polar surface area (TPSA) is 37.3 Å². The van der Waals surface area contributed by atoms with Gasteiger partial charge < -0.3 is 5.11 Å². The zero-order valence-electron chi connectivity index (χ0n) is 5.77. The number of alkyl halides is 1. The van der Waals surface area contributed by atoms with Crippen LogP contribution in [0.15, 0.2) is 12.2 Å². The Balaban J connectivity index is 3.31. The molecule has 0 aliphatic heterocycles. The Kier molecular flexibility index (Phi) is 4.54. The second-order valence-electron chi connectivity index (χ2n) is 2.05. The van der Waals surface area contributed by atoms with Crippen LogP contribution < -0.4 is 0 Å². The first-order valence-corrected chi connectivity index (χ1v) is 3.15. The predicted molar refractivity (Wildman–Crippen MR) is 36.6 cm³/mol. The summed E-state index contributed by atoms with van der Waals surface area (Å²) in [4.78, 5) is 10.1. The van der Waals surface area contributed by atoms with Crippen LogP contribution in [0.3, 0.4) is 0 Å². The summed E-state index contributed by atoms with van der Waals surface area (Å²) in [7, 11) is 0. The third-order valence-corrected chi connectivity index (χ3v) is 1.16. The van der Waals surface area contributed by atoms with E-state index in [2.05, 4.69) is 6.58 Å². The minimum atomic E-state index is -0.987. The Morgan fingerprint density at radius 2 is 2.10 bits per heavy atom. The Labute approximate surface area is 59.4 Å². The molecule has 58 valence electrons. The lowest BCUT2D eigenvalue weighted by molar-refractivity contribution is -0.132. The molecule has 0 rings (SSSR count). The highest BCUT2D eigenvalue weighted by molar-refractivity contribution is 5.85. The molecule has 0 unspecified atom stereocenters. The molecule has 0 saturated carbocycles. The Morgan fingerprint density at radius 1 is 1.50 bits per heavy atom. The van der Waals surface area contributed by atoms with Crippen molar-refractivity contribution < 1.29 is 14.3 Å². The van der Waals surface area contributed by atoms with Gasteiger partial charge >= 0.3 is 5.97 Å². The van der Waals surface area contributed by atoms with Gasteiger partial charge in [0.05, 0.1) is 6.67 Å². The van der Waals surface area contributed by atoms with Gasteiger partial charge in [0.15, 0.2) is 0 Å². The number of aliphatic carboxylic acids is 1. The van der Waals surface area contributed by atoms with Crippen molar-refractivity contribution in [3.63, 3.8) is 0 Å². The summed E-state index contributed by atoms with van der Waals surface area (Å²) >= 11 is 0. The number of carboxylic acids is 1. The van der Waals surface area contributed by atoms with Crippen molar-refractivity contribution in [2.24, 2.45) is 0 Å². The van der Waals surface area contributed by atoms with Crippen LogP contribution in [-0.4, -0.2) is 17.8 Å². The van der Waals surface area contributed by atoms with E-state index in [1.807, 2.05) is 0 Å². The molecule has 0 aromatic heterocycles. The molecule has 0 aromatic rings. The number of unbranched alkanes of at least 4 members (excludes halogenated alkanes) is 1. The molecule has 0 bridgehead atoms. The van der Waals surface area contributed by atoms with E-state index in [-0.39, 0.29) is 12.2 Å². The van der Waals surface area contributed by atoms with Crippen molar-refractivity contribution in [1.29, 1.82) is 0 Å². The van der Waals surface area contributed by atoms with E-state index < -0.39 is 5.97 Å². The maximum atomic E-state index is 11.5. The van der Waals surface area contributed by atoms with Crippen LogP contribution in [0.25, 0.3) is 0 Å². The van der Waals surface area contributed by atoms with Crippen LogP contribution in [0.5, 0.6) is 0 Å². The fourth-order valence-electron chi connectivity index (χ4n) is 0.540. The monoisotopic (exact) mass is 146 g/mol. The number of hydrogen-bond donors (Lipinski definition) is 1. The number of carbonyl (C=O) groups is 1. The lowest BCUT2D eigenvalue weighted by Crippen LogP contribution is -1.98. The molecule has 10 heavy (non-hydrogen) atoms. The number of rotatable bonds is 5. The first-order chi connectivity index (χ1) is 4.68. The van der Waals surface area contributed by atoms with Crippen LogP contribution in [0, 0.1) is 0 Å². The average molecular weight is 146 g/mol. The molecule has 3 heteroatoms. The highest BCUT2D eigenvalue weighted by Gasteiger charge is 2.01. The summed E-state index contributed by atoms with van der Waals surface area (Å²) in [6.45, 7) is 2.92. The number of halogens is 1. The molecule has 0 atom stereocenters. The molecule has 0 heterocycles. The molecule has 0 radical (unpaired) electrons. The van der Waals surface area contributed by atoms with Gasteiger partial charge in [-0.2, -0.15) is 0 Å². The van der Waals surface area contributed by atoms with Gasteiger partial charge in [0, 0.05) is 5.57 Å². The van der Waals surface area contributed by atoms with Gasteiger partial charge in [0.25, 0.3) is 0 Å². The lowest BCUT2D eigenvalue weighted by Gasteiger charge is -1.96. The second kappa shape index (κ2) is 4.97. The van der Waals surface area contributed by atoms with Crippen LogP contribution in [0.2, 0.25) is 0 Å². The molecule has 0 aromatic carbocycles. The molecule has 0 saturated heterocycles. The molecule has 1 N–H and O–H groups in total. The molecule has 0 aliphatic rings. The highest BCUT2D eigenvalue weighted by Crippen LogP contribution is 2.04. The van der Waals surface area contributed by atoms with Gasteiger partial charge in [-0.05, 0) is 19.3 Å². The molecule has 0 spiro atoms. The van der Waals surface area contributed by atoms with E-state index in [4.69, 9.17) is 5.11 Å². The van der Waals surface area contributed by atoms with Crippen LogP contribution in [-0.2, 0) is 4.79 Å². The van der Waals surface area contributed by atoms with Crippen molar-refractivity contribution in [3.05, 3.63) is 12.2 Å². The fourth-order valence-corrected chi connectivity index (χ4v) is 0.540. The Bertz CT molecular complexity index is 132.